The number of aromatic hydroxyl groups is 1. The Bertz CT molecular complexity index is 498. The van der Waals surface area contributed by atoms with Gasteiger partial charge in [0.05, 0.1) is 4.91 Å². The normalized spacial score (nSPS) is 14.3. The first kappa shape index (κ1) is 13.1. The van der Waals surface area contributed by atoms with Crippen molar-refractivity contribution in [2.75, 3.05) is 25.5 Å². The number of urea groups is 1. The summed E-state index contributed by atoms with van der Waals surface area (Å²) >= 11 is 0. The van der Waals surface area contributed by atoms with Crippen molar-refractivity contribution < 1.29 is 19.7 Å². The lowest BCUT2D eigenvalue weighted by molar-refractivity contribution is -0.736. The fourth-order valence-electron chi connectivity index (χ4n) is 1.97. The summed E-state index contributed by atoms with van der Waals surface area (Å²) in [4.78, 5) is 29.6. The monoisotopic (exact) mass is 266 g/mol. The van der Waals surface area contributed by atoms with E-state index in [1.54, 1.807) is 4.90 Å². The maximum absolute atomic E-state index is 11.9. The van der Waals surface area contributed by atoms with Gasteiger partial charge in [-0.15, -0.1) is 0 Å². The van der Waals surface area contributed by atoms with E-state index in [1.807, 2.05) is 0 Å². The van der Waals surface area contributed by atoms with Crippen molar-refractivity contribution in [2.45, 2.75) is 12.8 Å². The summed E-state index contributed by atoms with van der Waals surface area (Å²) in [5, 5.41) is 12.2. The van der Waals surface area contributed by atoms with Gasteiger partial charge in [-0.3, -0.25) is 0 Å². The fraction of sp³-hybridized carbons (Fsp3) is 0.417. The Morgan fingerprint density at radius 3 is 2.74 bits per heavy atom. The number of amides is 2. The highest BCUT2D eigenvalue weighted by Gasteiger charge is 2.23. The van der Waals surface area contributed by atoms with Crippen LogP contribution in [0, 0.1) is 4.91 Å². The number of carbonyl (C=O) groups is 1. The molecule has 2 amide bonds. The molecule has 0 atom stereocenters. The van der Waals surface area contributed by atoms with Crippen LogP contribution in [-0.4, -0.2) is 41.2 Å². The lowest BCUT2D eigenvalue weighted by atomic mass is 10.2. The van der Waals surface area contributed by atoms with Crippen LogP contribution >= 0.6 is 0 Å². The van der Waals surface area contributed by atoms with Crippen molar-refractivity contribution >= 4 is 17.4 Å². The molecule has 2 rings (SSSR count). The molecule has 1 aromatic rings. The Balaban J connectivity index is 2.12. The lowest BCUT2D eigenvalue weighted by Gasteiger charge is -2.15. The number of rotatable bonds is 3. The second-order valence-electron chi connectivity index (χ2n) is 4.27. The highest BCUT2D eigenvalue weighted by atomic mass is 16.8. The number of phenols is 1. The van der Waals surface area contributed by atoms with Crippen molar-refractivity contribution in [3.05, 3.63) is 23.1 Å². The zero-order valence-electron chi connectivity index (χ0n) is 10.6. The van der Waals surface area contributed by atoms with Crippen LogP contribution in [0.2, 0.25) is 0 Å². The second kappa shape index (κ2) is 5.55. The number of nitrogens with zero attached hydrogens (tertiary/aromatic N) is 2. The smallest absolute Gasteiger partial charge is 0.359 e. The predicted octanol–water partition coefficient (Wildman–Crippen LogP) is 1.99. The first-order valence-electron chi connectivity index (χ1n) is 6.02. The summed E-state index contributed by atoms with van der Waals surface area (Å²) in [7, 11) is 1.20. The minimum atomic E-state index is -0.212. The number of anilines is 1. The molecular formula is C12H16N3O4+. The fourth-order valence-corrected chi connectivity index (χ4v) is 1.97. The zero-order valence-corrected chi connectivity index (χ0v) is 10.6. The Kier molecular flexibility index (Phi) is 3.84. The van der Waals surface area contributed by atoms with E-state index in [0.717, 1.165) is 25.9 Å². The minimum Gasteiger partial charge on any atom is -0.502 e. The SMILES string of the molecule is CO[N+](=O)c1cc(NC(=O)N2CCCC2)ccc1O. The predicted molar refractivity (Wildman–Crippen MR) is 68.2 cm³/mol. The molecule has 0 spiro atoms. The van der Waals surface area contributed by atoms with E-state index < -0.39 is 0 Å². The maximum atomic E-state index is 11.9. The number of likely N-dealkylation sites (tertiary alicyclic amines) is 1. The van der Waals surface area contributed by atoms with E-state index in [1.165, 1.54) is 25.3 Å². The number of hydrogen-bond donors (Lipinski definition) is 2. The van der Waals surface area contributed by atoms with Gasteiger partial charge in [0.15, 0.2) is 12.9 Å². The van der Waals surface area contributed by atoms with E-state index in [-0.39, 0.29) is 22.4 Å². The molecule has 0 unspecified atom stereocenters. The summed E-state index contributed by atoms with van der Waals surface area (Å²) in [6, 6.07) is 4.01. The van der Waals surface area contributed by atoms with Crippen LogP contribution in [0.4, 0.5) is 16.2 Å². The Morgan fingerprint density at radius 1 is 1.42 bits per heavy atom. The van der Waals surface area contributed by atoms with Crippen LogP contribution in [-0.2, 0) is 4.84 Å². The van der Waals surface area contributed by atoms with Gasteiger partial charge in [0, 0.05) is 24.8 Å². The number of phenolic OH excluding ortho intramolecular Hbond substituents is 1. The topological polar surface area (TPSA) is 81.9 Å². The van der Waals surface area contributed by atoms with Gasteiger partial charge in [0.2, 0.25) is 0 Å². The van der Waals surface area contributed by atoms with Gasteiger partial charge >= 0.3 is 11.7 Å². The van der Waals surface area contributed by atoms with Crippen molar-refractivity contribution in [3.63, 3.8) is 0 Å². The minimum absolute atomic E-state index is 0.0540. The van der Waals surface area contributed by atoms with E-state index >= 15 is 0 Å². The molecule has 19 heavy (non-hydrogen) atoms. The Labute approximate surface area is 110 Å². The number of hydrogen-bond acceptors (Lipinski definition) is 4. The largest absolute Gasteiger partial charge is 0.502 e. The molecule has 1 fully saturated rings. The standard InChI is InChI=1S/C12H15N3O4/c1-19-15(18)10-8-9(4-5-11(10)16)13-12(17)14-6-2-3-7-14/h4-5,8H,2-3,6-7H2,1H3,(H-,13,16,17,18)/p+1. The second-order valence-corrected chi connectivity index (χ2v) is 4.27. The third kappa shape index (κ3) is 2.93. The molecule has 1 aliphatic rings. The van der Waals surface area contributed by atoms with Crippen molar-refractivity contribution in [2.24, 2.45) is 0 Å². The van der Waals surface area contributed by atoms with Crippen LogP contribution in [0.5, 0.6) is 5.75 Å². The van der Waals surface area contributed by atoms with Gasteiger partial charge in [0.25, 0.3) is 4.92 Å². The molecule has 0 bridgehead atoms. The van der Waals surface area contributed by atoms with Gasteiger partial charge in [-0.25, -0.2) is 9.63 Å². The van der Waals surface area contributed by atoms with Crippen LogP contribution in [0.15, 0.2) is 18.2 Å². The summed E-state index contributed by atoms with van der Waals surface area (Å²) in [6.45, 7) is 1.48. The molecule has 1 saturated heterocycles. The zero-order chi connectivity index (χ0) is 13.8. The van der Waals surface area contributed by atoms with Gasteiger partial charge in [-0.2, -0.15) is 0 Å². The summed E-state index contributed by atoms with van der Waals surface area (Å²) in [6.07, 6.45) is 2.01. The summed E-state index contributed by atoms with van der Waals surface area (Å²) in [5.74, 6) is -0.212. The van der Waals surface area contributed by atoms with Crippen LogP contribution in [0.1, 0.15) is 12.8 Å². The van der Waals surface area contributed by atoms with Gasteiger partial charge in [0.1, 0.15) is 0 Å². The molecule has 102 valence electrons. The number of carbonyl (C=O) groups excluding carboxylic acids is 1. The molecule has 0 aliphatic carbocycles. The molecular weight excluding hydrogens is 250 g/mol. The van der Waals surface area contributed by atoms with E-state index in [4.69, 9.17) is 0 Å². The van der Waals surface area contributed by atoms with Gasteiger partial charge in [-0.05, 0) is 25.0 Å². The van der Waals surface area contributed by atoms with Crippen LogP contribution in [0.3, 0.4) is 0 Å². The van der Waals surface area contributed by atoms with E-state index in [2.05, 4.69) is 10.2 Å². The first-order valence-corrected chi connectivity index (χ1v) is 6.02. The molecule has 0 saturated carbocycles. The highest BCUT2D eigenvalue weighted by molar-refractivity contribution is 5.90. The third-order valence-electron chi connectivity index (χ3n) is 2.98. The van der Waals surface area contributed by atoms with E-state index in [9.17, 15) is 14.8 Å². The van der Waals surface area contributed by atoms with Crippen molar-refractivity contribution in [1.29, 1.82) is 0 Å². The molecule has 1 heterocycles. The summed E-state index contributed by atoms with van der Waals surface area (Å²) < 4.78 is 0. The number of benzene rings is 1. The Hall–Kier alpha value is -2.31. The van der Waals surface area contributed by atoms with Crippen LogP contribution < -0.4 is 5.32 Å². The van der Waals surface area contributed by atoms with Crippen molar-refractivity contribution in [1.82, 2.24) is 4.90 Å². The molecule has 0 radical (unpaired) electrons. The Morgan fingerprint density at radius 2 is 2.11 bits per heavy atom. The quantitative estimate of drug-likeness (QED) is 0.647. The lowest BCUT2D eigenvalue weighted by Crippen LogP contribution is -2.32. The average Bonchev–Trinajstić information content (AvgIpc) is 2.94. The summed E-state index contributed by atoms with van der Waals surface area (Å²) in [5.41, 5.74) is 0.379. The molecule has 1 aromatic carbocycles. The molecule has 0 aromatic heterocycles. The molecule has 7 nitrogen and oxygen atoms in total. The van der Waals surface area contributed by atoms with Crippen molar-refractivity contribution in [3.8, 4) is 5.75 Å². The molecule has 1 aliphatic heterocycles. The van der Waals surface area contributed by atoms with Gasteiger partial charge in [-0.1, -0.05) is 0 Å². The highest BCUT2D eigenvalue weighted by Crippen LogP contribution is 2.29. The molecule has 7 heteroatoms. The van der Waals surface area contributed by atoms with E-state index in [0.29, 0.717) is 5.69 Å². The average molecular weight is 266 g/mol. The van der Waals surface area contributed by atoms with Gasteiger partial charge < -0.3 is 15.3 Å². The van der Waals surface area contributed by atoms with Crippen LogP contribution in [0.25, 0.3) is 0 Å². The number of nitrogens with one attached hydrogen (secondary N) is 1. The first-order chi connectivity index (χ1) is 9.11. The third-order valence-corrected chi connectivity index (χ3v) is 2.98. The maximum Gasteiger partial charge on any atom is 0.359 e. The molecule has 2 N–H and O–H groups in total.